The zero-order valence-corrected chi connectivity index (χ0v) is 5.15. The van der Waals surface area contributed by atoms with Crippen LogP contribution >= 0.6 is 0 Å². The lowest BCUT2D eigenvalue weighted by Gasteiger charge is -2.12. The highest BCUT2D eigenvalue weighted by Crippen LogP contribution is 2.09. The topological polar surface area (TPSA) is 3.24 Å². The van der Waals surface area contributed by atoms with Gasteiger partial charge in [-0.25, -0.2) is 0 Å². The van der Waals surface area contributed by atoms with E-state index in [1.807, 2.05) is 0 Å². The minimum Gasteiger partial charge on any atom is -0.311 e. The van der Waals surface area contributed by atoms with Crippen LogP contribution in [-0.2, 0) is 0 Å². The van der Waals surface area contributed by atoms with Crippen molar-refractivity contribution in [3.05, 3.63) is 0 Å². The molecule has 7 heavy (non-hydrogen) atoms. The van der Waals surface area contributed by atoms with Gasteiger partial charge in [-0.1, -0.05) is 0 Å². The molecule has 0 unspecified atom stereocenters. The van der Waals surface area contributed by atoms with Gasteiger partial charge >= 0.3 is 0 Å². The van der Waals surface area contributed by atoms with E-state index < -0.39 is 0 Å². The molecule has 2 heteroatoms. The molecule has 0 aliphatic carbocycles. The smallest absolute Gasteiger partial charge is 0.123 e. The fourth-order valence-electron chi connectivity index (χ4n) is 1.08. The summed E-state index contributed by atoms with van der Waals surface area (Å²) in [5.74, 6) is 0.847. The first-order valence-corrected chi connectivity index (χ1v) is 3.01. The van der Waals surface area contributed by atoms with Gasteiger partial charge < -0.3 is 4.90 Å². The molecule has 0 aromatic heterocycles. The van der Waals surface area contributed by atoms with E-state index in [1.54, 1.807) is 0 Å². The Kier molecular flexibility index (Phi) is 1.38. The van der Waals surface area contributed by atoms with Crippen molar-refractivity contribution >= 4 is 7.85 Å². The van der Waals surface area contributed by atoms with Crippen LogP contribution in [0.5, 0.6) is 0 Å². The average molecular weight is 97.0 g/mol. The number of likely N-dealkylation sites (tertiary alicyclic amines) is 1. The predicted octanol–water partition coefficient (Wildman–Crippen LogP) is -0.329. The molecule has 40 valence electrons. The first-order valence-electron chi connectivity index (χ1n) is 3.01. The molecular weight excluding hydrogens is 84.9 g/mol. The Labute approximate surface area is 46.1 Å². The monoisotopic (exact) mass is 97.1 g/mol. The Morgan fingerprint density at radius 3 is 2.57 bits per heavy atom. The molecule has 0 aromatic rings. The molecule has 0 spiro atoms. The molecule has 0 saturated carbocycles. The van der Waals surface area contributed by atoms with Crippen molar-refractivity contribution < 1.29 is 0 Å². The third-order valence-electron chi connectivity index (χ3n) is 1.89. The molecule has 1 atom stereocenters. The van der Waals surface area contributed by atoms with Gasteiger partial charge in [-0.3, -0.25) is 0 Å². The van der Waals surface area contributed by atoms with Gasteiger partial charge in [-0.15, -0.1) is 0 Å². The van der Waals surface area contributed by atoms with Crippen molar-refractivity contribution in [3.8, 4) is 0 Å². The summed E-state index contributed by atoms with van der Waals surface area (Å²) in [4.78, 5) is 2.40. The zero-order valence-electron chi connectivity index (χ0n) is 5.15. The first-order chi connectivity index (χ1) is 3.30. The highest BCUT2D eigenvalue weighted by atomic mass is 15.1. The van der Waals surface area contributed by atoms with Crippen LogP contribution in [0, 0.1) is 0 Å². The zero-order chi connectivity index (χ0) is 5.28. The Bertz CT molecular complexity index is 57.1. The Hall–Kier alpha value is 0.0249. The van der Waals surface area contributed by atoms with Crippen molar-refractivity contribution in [1.29, 1.82) is 0 Å². The summed E-state index contributed by atoms with van der Waals surface area (Å²) in [6.45, 7) is 1.31. The van der Waals surface area contributed by atoms with Crippen LogP contribution < -0.4 is 0 Å². The van der Waals surface area contributed by atoms with Crippen molar-refractivity contribution in [2.75, 3.05) is 13.6 Å². The molecule has 1 nitrogen and oxygen atoms in total. The SMILES string of the molecule is B[C@@H]1CCCN1C. The van der Waals surface area contributed by atoms with Crippen LogP contribution in [0.15, 0.2) is 0 Å². The molecule has 0 radical (unpaired) electrons. The Balaban J connectivity index is 2.33. The summed E-state index contributed by atoms with van der Waals surface area (Å²) in [7, 11) is 4.48. The van der Waals surface area contributed by atoms with Crippen molar-refractivity contribution in [3.63, 3.8) is 0 Å². The third kappa shape index (κ3) is 0.971. The molecule has 1 saturated heterocycles. The van der Waals surface area contributed by atoms with Crippen LogP contribution in [0.2, 0.25) is 0 Å². The number of nitrogens with zero attached hydrogens (tertiary/aromatic N) is 1. The first kappa shape index (κ1) is 5.17. The van der Waals surface area contributed by atoms with E-state index >= 15 is 0 Å². The summed E-state index contributed by atoms with van der Waals surface area (Å²) in [6, 6.07) is 0. The van der Waals surface area contributed by atoms with E-state index in [0.717, 1.165) is 5.94 Å². The second kappa shape index (κ2) is 1.87. The van der Waals surface area contributed by atoms with Gasteiger partial charge in [-0.2, -0.15) is 0 Å². The summed E-state index contributed by atoms with van der Waals surface area (Å²) < 4.78 is 0. The van der Waals surface area contributed by atoms with Crippen molar-refractivity contribution in [2.24, 2.45) is 0 Å². The molecule has 0 bridgehead atoms. The van der Waals surface area contributed by atoms with E-state index in [2.05, 4.69) is 19.8 Å². The maximum absolute atomic E-state index is 2.40. The summed E-state index contributed by atoms with van der Waals surface area (Å²) >= 11 is 0. The molecule has 0 amide bonds. The van der Waals surface area contributed by atoms with Crippen LogP contribution in [0.25, 0.3) is 0 Å². The third-order valence-corrected chi connectivity index (χ3v) is 1.89. The molecule has 0 N–H and O–H groups in total. The molecule has 1 fully saturated rings. The largest absolute Gasteiger partial charge is 0.311 e. The summed E-state index contributed by atoms with van der Waals surface area (Å²) in [5.41, 5.74) is 0. The molecule has 1 aliphatic heterocycles. The van der Waals surface area contributed by atoms with E-state index in [4.69, 9.17) is 0 Å². The quantitative estimate of drug-likeness (QED) is 0.374. The van der Waals surface area contributed by atoms with Crippen LogP contribution in [0.1, 0.15) is 12.8 Å². The predicted molar refractivity (Wildman–Crippen MR) is 34.2 cm³/mol. The van der Waals surface area contributed by atoms with Crippen LogP contribution in [0.4, 0.5) is 0 Å². The average Bonchev–Trinajstić information content (AvgIpc) is 1.91. The minimum absolute atomic E-state index is 0.847. The lowest BCUT2D eigenvalue weighted by atomic mass is 9.95. The van der Waals surface area contributed by atoms with Crippen molar-refractivity contribution in [2.45, 2.75) is 18.8 Å². The Morgan fingerprint density at radius 2 is 2.43 bits per heavy atom. The fourth-order valence-corrected chi connectivity index (χ4v) is 1.08. The standard InChI is InChI=1S/C5H12BN/c1-7-4-2-3-5(7)6/h5H,2-4,6H2,1H3/t5-/m0/s1. The maximum Gasteiger partial charge on any atom is 0.123 e. The lowest BCUT2D eigenvalue weighted by molar-refractivity contribution is 0.385. The van der Waals surface area contributed by atoms with Gasteiger partial charge in [0.1, 0.15) is 7.85 Å². The highest BCUT2D eigenvalue weighted by Gasteiger charge is 2.14. The van der Waals surface area contributed by atoms with Gasteiger partial charge in [0, 0.05) is 0 Å². The van der Waals surface area contributed by atoms with E-state index in [1.165, 1.54) is 19.4 Å². The second-order valence-corrected chi connectivity index (χ2v) is 2.47. The molecule has 0 aromatic carbocycles. The maximum atomic E-state index is 2.40. The molecule has 1 rings (SSSR count). The molecular formula is C5H12BN. The number of hydrogen-bond donors (Lipinski definition) is 0. The van der Waals surface area contributed by atoms with Gasteiger partial charge in [0.25, 0.3) is 0 Å². The Morgan fingerprint density at radius 1 is 1.71 bits per heavy atom. The summed E-state index contributed by atoms with van der Waals surface area (Å²) in [6.07, 6.45) is 2.80. The van der Waals surface area contributed by atoms with E-state index in [0.29, 0.717) is 0 Å². The molecule has 1 heterocycles. The summed E-state index contributed by atoms with van der Waals surface area (Å²) in [5, 5.41) is 0. The molecule has 1 aliphatic rings. The van der Waals surface area contributed by atoms with Gasteiger partial charge in [0.05, 0.1) is 0 Å². The number of rotatable bonds is 0. The van der Waals surface area contributed by atoms with Crippen LogP contribution in [0.3, 0.4) is 0 Å². The van der Waals surface area contributed by atoms with E-state index in [9.17, 15) is 0 Å². The lowest BCUT2D eigenvalue weighted by Crippen LogP contribution is -2.24. The van der Waals surface area contributed by atoms with Crippen LogP contribution in [-0.4, -0.2) is 32.3 Å². The van der Waals surface area contributed by atoms with E-state index in [-0.39, 0.29) is 0 Å². The minimum atomic E-state index is 0.847. The van der Waals surface area contributed by atoms with Gasteiger partial charge in [0.15, 0.2) is 0 Å². The normalized spacial score (nSPS) is 34.1. The number of hydrogen-bond acceptors (Lipinski definition) is 1. The van der Waals surface area contributed by atoms with Gasteiger partial charge in [0.2, 0.25) is 0 Å². The van der Waals surface area contributed by atoms with Crippen molar-refractivity contribution in [1.82, 2.24) is 4.90 Å². The van der Waals surface area contributed by atoms with Gasteiger partial charge in [-0.05, 0) is 32.4 Å². The second-order valence-electron chi connectivity index (χ2n) is 2.47. The fraction of sp³-hybridized carbons (Fsp3) is 1.00. The highest BCUT2D eigenvalue weighted by molar-refractivity contribution is 6.11.